The SMILES string of the molecule is CC[N+](CC)=c1oc2ccccc2o1. The van der Waals surface area contributed by atoms with Crippen molar-refractivity contribution >= 4 is 11.2 Å². The molecule has 14 heavy (non-hydrogen) atoms. The number of nitrogens with zero attached hydrogens (tertiary/aromatic N) is 1. The Morgan fingerprint density at radius 2 is 1.50 bits per heavy atom. The van der Waals surface area contributed by atoms with E-state index in [0.29, 0.717) is 5.75 Å². The maximum atomic E-state index is 5.57. The quantitative estimate of drug-likeness (QED) is 0.679. The van der Waals surface area contributed by atoms with E-state index >= 15 is 0 Å². The molecule has 3 nitrogen and oxygen atoms in total. The van der Waals surface area contributed by atoms with E-state index in [9.17, 15) is 0 Å². The lowest BCUT2D eigenvalue weighted by atomic mass is 10.3. The molecule has 0 aliphatic rings. The van der Waals surface area contributed by atoms with E-state index in [0.717, 1.165) is 24.3 Å². The maximum absolute atomic E-state index is 5.57. The van der Waals surface area contributed by atoms with Crippen molar-refractivity contribution in [1.29, 1.82) is 0 Å². The minimum atomic E-state index is 0.594. The predicted molar refractivity (Wildman–Crippen MR) is 54.8 cm³/mol. The van der Waals surface area contributed by atoms with Crippen LogP contribution in [0, 0.1) is 0 Å². The molecule has 1 heterocycles. The zero-order chi connectivity index (χ0) is 9.97. The molecule has 0 aliphatic heterocycles. The molecule has 0 atom stereocenters. The molecule has 2 aromatic rings. The standard InChI is InChI=1S/C11H14NO2/c1-3-12(4-2)11-13-9-7-5-6-8-10(9)14-11/h5-8H,3-4H2,1-2H3/q+1. The highest BCUT2D eigenvalue weighted by molar-refractivity contribution is 5.68. The summed E-state index contributed by atoms with van der Waals surface area (Å²) in [7, 11) is 0. The van der Waals surface area contributed by atoms with E-state index in [-0.39, 0.29) is 0 Å². The molecular weight excluding hydrogens is 178 g/mol. The van der Waals surface area contributed by atoms with Crippen LogP contribution in [0.2, 0.25) is 0 Å². The Bertz CT molecular complexity index is 451. The van der Waals surface area contributed by atoms with Gasteiger partial charge in [0, 0.05) is 0 Å². The lowest BCUT2D eigenvalue weighted by molar-refractivity contribution is 0.325. The van der Waals surface area contributed by atoms with Crippen molar-refractivity contribution in [1.82, 2.24) is 4.58 Å². The highest BCUT2D eigenvalue weighted by Gasteiger charge is 2.08. The van der Waals surface area contributed by atoms with Crippen LogP contribution in [0.3, 0.4) is 0 Å². The minimum Gasteiger partial charge on any atom is -0.371 e. The topological polar surface area (TPSA) is 29.3 Å². The smallest absolute Gasteiger partial charge is 0.371 e. The molecule has 0 radical (unpaired) electrons. The Labute approximate surface area is 82.3 Å². The first-order valence-corrected chi connectivity index (χ1v) is 4.91. The Hall–Kier alpha value is -1.51. The van der Waals surface area contributed by atoms with Gasteiger partial charge in [0.15, 0.2) is 11.2 Å². The molecule has 3 heteroatoms. The summed E-state index contributed by atoms with van der Waals surface area (Å²) in [6, 6.07) is 7.69. The zero-order valence-corrected chi connectivity index (χ0v) is 8.49. The van der Waals surface area contributed by atoms with E-state index in [2.05, 4.69) is 13.8 Å². The van der Waals surface area contributed by atoms with Crippen LogP contribution in [0.1, 0.15) is 13.8 Å². The third-order valence-corrected chi connectivity index (χ3v) is 2.27. The van der Waals surface area contributed by atoms with Gasteiger partial charge >= 0.3 is 5.75 Å². The monoisotopic (exact) mass is 192 g/mol. The first-order valence-electron chi connectivity index (χ1n) is 4.91. The second-order valence-electron chi connectivity index (χ2n) is 3.09. The minimum absolute atomic E-state index is 0.594. The molecule has 0 aliphatic carbocycles. The van der Waals surface area contributed by atoms with Crippen LogP contribution in [0.5, 0.6) is 0 Å². The van der Waals surface area contributed by atoms with Crippen molar-refractivity contribution in [3.05, 3.63) is 30.0 Å². The van der Waals surface area contributed by atoms with Crippen LogP contribution in [-0.2, 0) is 0 Å². The molecule has 1 aromatic carbocycles. The molecule has 0 saturated heterocycles. The number of benzene rings is 1. The Balaban J connectivity index is 2.70. The van der Waals surface area contributed by atoms with E-state index in [1.165, 1.54) is 0 Å². The van der Waals surface area contributed by atoms with Crippen LogP contribution < -0.4 is 10.3 Å². The van der Waals surface area contributed by atoms with Crippen LogP contribution >= 0.6 is 0 Å². The van der Waals surface area contributed by atoms with Gasteiger partial charge in [0.2, 0.25) is 0 Å². The molecule has 0 unspecified atom stereocenters. The van der Waals surface area contributed by atoms with Gasteiger partial charge in [0.1, 0.15) is 13.1 Å². The van der Waals surface area contributed by atoms with Crippen molar-refractivity contribution in [2.45, 2.75) is 13.8 Å². The van der Waals surface area contributed by atoms with Crippen molar-refractivity contribution in [2.24, 2.45) is 0 Å². The third-order valence-electron chi connectivity index (χ3n) is 2.27. The second-order valence-corrected chi connectivity index (χ2v) is 3.09. The summed E-state index contributed by atoms with van der Waals surface area (Å²) in [6.07, 6.45) is 0. The highest BCUT2D eigenvalue weighted by Crippen LogP contribution is 2.09. The average molecular weight is 192 g/mol. The van der Waals surface area contributed by atoms with E-state index in [4.69, 9.17) is 8.83 Å². The molecule has 0 bridgehead atoms. The first-order chi connectivity index (χ1) is 6.85. The number of para-hydroxylation sites is 2. The lowest BCUT2D eigenvalue weighted by Crippen LogP contribution is -2.27. The largest absolute Gasteiger partial charge is 0.560 e. The number of hydrogen-bond donors (Lipinski definition) is 0. The van der Waals surface area contributed by atoms with Gasteiger partial charge in [-0.05, 0) is 26.0 Å². The van der Waals surface area contributed by atoms with E-state index < -0.39 is 0 Å². The van der Waals surface area contributed by atoms with Crippen molar-refractivity contribution in [3.63, 3.8) is 0 Å². The summed E-state index contributed by atoms with van der Waals surface area (Å²) in [6.45, 7) is 5.93. The highest BCUT2D eigenvalue weighted by atomic mass is 16.5. The van der Waals surface area contributed by atoms with Gasteiger partial charge in [-0.15, -0.1) is 0 Å². The molecule has 0 amide bonds. The summed E-state index contributed by atoms with van der Waals surface area (Å²) in [4.78, 5) is 0. The number of rotatable bonds is 2. The Morgan fingerprint density at radius 3 is 1.93 bits per heavy atom. The van der Waals surface area contributed by atoms with Gasteiger partial charge in [-0.3, -0.25) is 0 Å². The van der Waals surface area contributed by atoms with Gasteiger partial charge in [-0.1, -0.05) is 12.1 Å². The molecule has 0 fully saturated rings. The van der Waals surface area contributed by atoms with Crippen LogP contribution in [0.25, 0.3) is 11.2 Å². The molecule has 2 rings (SSSR count). The fourth-order valence-corrected chi connectivity index (χ4v) is 1.44. The summed E-state index contributed by atoms with van der Waals surface area (Å²) in [5, 5.41) is 0. The van der Waals surface area contributed by atoms with Crippen molar-refractivity contribution in [2.75, 3.05) is 13.1 Å². The second kappa shape index (κ2) is 3.70. The zero-order valence-electron chi connectivity index (χ0n) is 8.49. The van der Waals surface area contributed by atoms with Gasteiger partial charge in [-0.2, -0.15) is 4.58 Å². The molecule has 0 spiro atoms. The Kier molecular flexibility index (Phi) is 2.39. The lowest BCUT2D eigenvalue weighted by Gasteiger charge is -1.87. The first kappa shape index (κ1) is 9.06. The summed E-state index contributed by atoms with van der Waals surface area (Å²) in [5.41, 5.74) is 1.60. The summed E-state index contributed by atoms with van der Waals surface area (Å²) in [5.74, 6) is 0.594. The number of fused-ring (bicyclic) bond motifs is 1. The van der Waals surface area contributed by atoms with E-state index in [1.807, 2.05) is 28.8 Å². The van der Waals surface area contributed by atoms with Crippen LogP contribution in [0.15, 0.2) is 33.1 Å². The number of hydrogen-bond acceptors (Lipinski definition) is 2. The van der Waals surface area contributed by atoms with Gasteiger partial charge in [-0.25, -0.2) is 0 Å². The molecule has 1 aromatic heterocycles. The molecular formula is C11H14NO2+. The van der Waals surface area contributed by atoms with Gasteiger partial charge in [0.05, 0.1) is 0 Å². The molecule has 0 saturated carbocycles. The molecule has 74 valence electrons. The van der Waals surface area contributed by atoms with Crippen LogP contribution in [-0.4, -0.2) is 13.1 Å². The fraction of sp³-hybridized carbons (Fsp3) is 0.364. The molecule has 0 N–H and O–H groups in total. The maximum Gasteiger partial charge on any atom is 0.560 e. The summed E-state index contributed by atoms with van der Waals surface area (Å²) >= 11 is 0. The average Bonchev–Trinajstić information content (AvgIpc) is 2.63. The van der Waals surface area contributed by atoms with E-state index in [1.54, 1.807) is 0 Å². The normalized spacial score (nSPS) is 10.7. The van der Waals surface area contributed by atoms with Gasteiger partial charge in [0.25, 0.3) is 0 Å². The third kappa shape index (κ3) is 1.45. The fourth-order valence-electron chi connectivity index (χ4n) is 1.44. The van der Waals surface area contributed by atoms with Gasteiger partial charge < -0.3 is 8.83 Å². The predicted octanol–water partition coefficient (Wildman–Crippen LogP) is 1.84. The Morgan fingerprint density at radius 1 is 1.00 bits per heavy atom. The van der Waals surface area contributed by atoms with Crippen molar-refractivity contribution in [3.8, 4) is 0 Å². The van der Waals surface area contributed by atoms with Crippen molar-refractivity contribution < 1.29 is 8.83 Å². The summed E-state index contributed by atoms with van der Waals surface area (Å²) < 4.78 is 13.2. The van der Waals surface area contributed by atoms with Crippen LogP contribution in [0.4, 0.5) is 0 Å².